The summed E-state index contributed by atoms with van der Waals surface area (Å²) in [6, 6.07) is 0. The van der Waals surface area contributed by atoms with E-state index in [1.54, 1.807) is 0 Å². The fraction of sp³-hybridized carbons (Fsp3) is 0.850. The Morgan fingerprint density at radius 2 is 1.46 bits per heavy atom. The standard InChI is InChI=1S/C20H37NO3/c1-2-20(22)21-15-13-11-9-7-5-3-4-6-8-10-12-14-16-23-17-19-18-24-19/h2,19H,1,3-18H2,(H,21,22). The Bertz CT molecular complexity index is 316. The minimum absolute atomic E-state index is 0.0598. The smallest absolute Gasteiger partial charge is 0.243 e. The van der Waals surface area contributed by atoms with Gasteiger partial charge in [-0.2, -0.15) is 0 Å². The molecule has 1 aliphatic heterocycles. The molecular weight excluding hydrogens is 302 g/mol. The molecule has 1 aliphatic rings. The van der Waals surface area contributed by atoms with Gasteiger partial charge >= 0.3 is 0 Å². The third kappa shape index (κ3) is 14.7. The van der Waals surface area contributed by atoms with E-state index < -0.39 is 0 Å². The molecule has 1 rings (SSSR count). The topological polar surface area (TPSA) is 50.9 Å². The van der Waals surface area contributed by atoms with Crippen LogP contribution >= 0.6 is 0 Å². The second-order valence-electron chi connectivity index (χ2n) is 6.77. The zero-order valence-corrected chi connectivity index (χ0v) is 15.4. The second-order valence-corrected chi connectivity index (χ2v) is 6.77. The zero-order chi connectivity index (χ0) is 17.3. The first-order chi connectivity index (χ1) is 11.8. The number of ether oxygens (including phenoxy) is 2. The summed E-state index contributed by atoms with van der Waals surface area (Å²) in [6.45, 7) is 6.81. The van der Waals surface area contributed by atoms with Crippen LogP contribution < -0.4 is 5.32 Å². The number of unbranched alkanes of at least 4 members (excludes halogenated alkanes) is 11. The number of nitrogens with one attached hydrogen (secondary N) is 1. The van der Waals surface area contributed by atoms with Gasteiger partial charge in [0.15, 0.2) is 0 Å². The lowest BCUT2D eigenvalue weighted by Crippen LogP contribution is -2.21. The molecular formula is C20H37NO3. The highest BCUT2D eigenvalue weighted by Crippen LogP contribution is 2.12. The third-order valence-corrected chi connectivity index (χ3v) is 4.41. The van der Waals surface area contributed by atoms with E-state index in [0.717, 1.165) is 32.8 Å². The summed E-state index contributed by atoms with van der Waals surface area (Å²) in [5, 5.41) is 2.82. The minimum atomic E-state index is -0.0598. The molecule has 1 N–H and O–H groups in total. The molecule has 0 spiro atoms. The molecule has 0 bridgehead atoms. The molecule has 0 aromatic heterocycles. The van der Waals surface area contributed by atoms with Crippen molar-refractivity contribution in [2.24, 2.45) is 0 Å². The molecule has 1 amide bonds. The Labute approximate surface area is 148 Å². The van der Waals surface area contributed by atoms with Crippen molar-refractivity contribution in [2.75, 3.05) is 26.4 Å². The van der Waals surface area contributed by atoms with E-state index in [-0.39, 0.29) is 5.91 Å². The highest BCUT2D eigenvalue weighted by Gasteiger charge is 2.21. The quantitative estimate of drug-likeness (QED) is 0.229. The van der Waals surface area contributed by atoms with Gasteiger partial charge in [-0.15, -0.1) is 0 Å². The summed E-state index contributed by atoms with van der Waals surface area (Å²) >= 11 is 0. The largest absolute Gasteiger partial charge is 0.379 e. The van der Waals surface area contributed by atoms with Crippen molar-refractivity contribution >= 4 is 5.91 Å². The van der Waals surface area contributed by atoms with Crippen molar-refractivity contribution in [3.05, 3.63) is 12.7 Å². The number of hydrogen-bond donors (Lipinski definition) is 1. The zero-order valence-electron chi connectivity index (χ0n) is 15.4. The summed E-state index contributed by atoms with van der Waals surface area (Å²) in [5.74, 6) is -0.0598. The lowest BCUT2D eigenvalue weighted by molar-refractivity contribution is -0.116. The summed E-state index contributed by atoms with van der Waals surface area (Å²) < 4.78 is 10.6. The normalized spacial score (nSPS) is 16.1. The summed E-state index contributed by atoms with van der Waals surface area (Å²) in [5.41, 5.74) is 0. The van der Waals surface area contributed by atoms with E-state index >= 15 is 0 Å². The van der Waals surface area contributed by atoms with Gasteiger partial charge < -0.3 is 14.8 Å². The van der Waals surface area contributed by atoms with Gasteiger partial charge in [0.1, 0.15) is 6.10 Å². The van der Waals surface area contributed by atoms with Crippen LogP contribution in [0.2, 0.25) is 0 Å². The van der Waals surface area contributed by atoms with Gasteiger partial charge in [0, 0.05) is 13.2 Å². The fourth-order valence-corrected chi connectivity index (χ4v) is 2.76. The Balaban J connectivity index is 1.63. The molecule has 0 radical (unpaired) electrons. The Morgan fingerprint density at radius 1 is 0.958 bits per heavy atom. The fourth-order valence-electron chi connectivity index (χ4n) is 2.76. The van der Waals surface area contributed by atoms with Crippen LogP contribution in [0.4, 0.5) is 0 Å². The van der Waals surface area contributed by atoms with E-state index in [2.05, 4.69) is 11.9 Å². The van der Waals surface area contributed by atoms with Crippen molar-refractivity contribution in [3.8, 4) is 0 Å². The van der Waals surface area contributed by atoms with Crippen molar-refractivity contribution < 1.29 is 14.3 Å². The second kappa shape index (κ2) is 15.6. The molecule has 0 aliphatic carbocycles. The maximum atomic E-state index is 10.9. The van der Waals surface area contributed by atoms with Gasteiger partial charge in [-0.1, -0.05) is 70.8 Å². The van der Waals surface area contributed by atoms with Gasteiger partial charge in [0.2, 0.25) is 5.91 Å². The van der Waals surface area contributed by atoms with Gasteiger partial charge in [-0.05, 0) is 18.9 Å². The molecule has 1 fully saturated rings. The molecule has 1 atom stereocenters. The summed E-state index contributed by atoms with van der Waals surface area (Å²) in [7, 11) is 0. The van der Waals surface area contributed by atoms with Crippen molar-refractivity contribution in [1.29, 1.82) is 0 Å². The first kappa shape index (κ1) is 21.2. The molecule has 1 unspecified atom stereocenters. The van der Waals surface area contributed by atoms with E-state index in [9.17, 15) is 4.79 Å². The number of rotatable bonds is 18. The van der Waals surface area contributed by atoms with E-state index in [1.165, 1.54) is 76.7 Å². The third-order valence-electron chi connectivity index (χ3n) is 4.41. The van der Waals surface area contributed by atoms with Crippen LogP contribution in [0.5, 0.6) is 0 Å². The maximum Gasteiger partial charge on any atom is 0.243 e. The number of epoxide rings is 1. The Hall–Kier alpha value is -0.870. The molecule has 1 saturated heterocycles. The average Bonchev–Trinajstić information content (AvgIpc) is 3.41. The lowest BCUT2D eigenvalue weighted by Gasteiger charge is -2.04. The lowest BCUT2D eigenvalue weighted by atomic mass is 10.1. The highest BCUT2D eigenvalue weighted by atomic mass is 16.6. The van der Waals surface area contributed by atoms with E-state index in [4.69, 9.17) is 9.47 Å². The number of amides is 1. The number of carbonyl (C=O) groups is 1. The molecule has 4 nitrogen and oxygen atoms in total. The number of carbonyl (C=O) groups excluding carboxylic acids is 1. The van der Waals surface area contributed by atoms with E-state index in [1.807, 2.05) is 0 Å². The maximum absolute atomic E-state index is 10.9. The van der Waals surface area contributed by atoms with Gasteiger partial charge in [0.05, 0.1) is 13.2 Å². The molecule has 4 heteroatoms. The van der Waals surface area contributed by atoms with Crippen molar-refractivity contribution in [3.63, 3.8) is 0 Å². The average molecular weight is 340 g/mol. The number of hydrogen-bond acceptors (Lipinski definition) is 3. The summed E-state index contributed by atoms with van der Waals surface area (Å²) in [6.07, 6.45) is 17.4. The summed E-state index contributed by atoms with van der Waals surface area (Å²) in [4.78, 5) is 10.9. The SMILES string of the molecule is C=CC(=O)NCCCCCCCCCCCCCCOCC1CO1. The molecule has 0 aromatic rings. The molecule has 1 heterocycles. The van der Waals surface area contributed by atoms with Crippen LogP contribution in [0.15, 0.2) is 12.7 Å². The van der Waals surface area contributed by atoms with Crippen LogP contribution in [-0.4, -0.2) is 38.4 Å². The first-order valence-corrected chi connectivity index (χ1v) is 9.92. The first-order valence-electron chi connectivity index (χ1n) is 9.92. The van der Waals surface area contributed by atoms with E-state index in [0.29, 0.717) is 6.10 Å². The van der Waals surface area contributed by atoms with Gasteiger partial charge in [0.25, 0.3) is 0 Å². The van der Waals surface area contributed by atoms with Crippen LogP contribution in [0.1, 0.15) is 77.0 Å². The van der Waals surface area contributed by atoms with Gasteiger partial charge in [-0.25, -0.2) is 0 Å². The monoisotopic (exact) mass is 339 g/mol. The highest BCUT2D eigenvalue weighted by molar-refractivity contribution is 5.86. The van der Waals surface area contributed by atoms with Crippen molar-refractivity contribution in [2.45, 2.75) is 83.2 Å². The molecule has 140 valence electrons. The minimum Gasteiger partial charge on any atom is -0.379 e. The molecule has 0 aromatic carbocycles. The van der Waals surface area contributed by atoms with Crippen LogP contribution in [0.3, 0.4) is 0 Å². The van der Waals surface area contributed by atoms with Crippen LogP contribution in [-0.2, 0) is 14.3 Å². The van der Waals surface area contributed by atoms with Crippen molar-refractivity contribution in [1.82, 2.24) is 5.32 Å². The Morgan fingerprint density at radius 3 is 1.96 bits per heavy atom. The molecule has 24 heavy (non-hydrogen) atoms. The van der Waals surface area contributed by atoms with Crippen LogP contribution in [0, 0.1) is 0 Å². The van der Waals surface area contributed by atoms with Gasteiger partial charge in [-0.3, -0.25) is 4.79 Å². The van der Waals surface area contributed by atoms with Crippen LogP contribution in [0.25, 0.3) is 0 Å². The Kier molecular flexibility index (Phi) is 13.8. The predicted molar refractivity (Wildman–Crippen MR) is 99.2 cm³/mol. The molecule has 0 saturated carbocycles. The predicted octanol–water partition coefficient (Wildman–Crippen LogP) is 4.39.